The molecule has 0 amide bonds. The van der Waals surface area contributed by atoms with Crippen LogP contribution in [0.2, 0.25) is 0 Å². The van der Waals surface area contributed by atoms with Crippen molar-refractivity contribution in [3.05, 3.63) is 34.3 Å². The minimum absolute atomic E-state index is 0.0893. The minimum Gasteiger partial charge on any atom is -0.382 e. The summed E-state index contributed by atoms with van der Waals surface area (Å²) in [4.78, 5) is 0. The van der Waals surface area contributed by atoms with E-state index in [4.69, 9.17) is 19.9 Å². The second-order valence-electron chi connectivity index (χ2n) is 3.76. The van der Waals surface area contributed by atoms with Crippen LogP contribution < -0.4 is 5.73 Å². The smallest absolute Gasteiger partial charge is 0.0948 e. The first-order chi connectivity index (χ1) is 8.77. The summed E-state index contributed by atoms with van der Waals surface area (Å²) in [6.07, 6.45) is -0.0893. The van der Waals surface area contributed by atoms with Gasteiger partial charge in [0.05, 0.1) is 32.5 Å². The predicted octanol–water partition coefficient (Wildman–Crippen LogP) is 2.13. The van der Waals surface area contributed by atoms with Gasteiger partial charge in [0.2, 0.25) is 0 Å². The first kappa shape index (κ1) is 15.6. The zero-order valence-corrected chi connectivity index (χ0v) is 12.2. The predicted molar refractivity (Wildman–Crippen MR) is 74.6 cm³/mol. The molecule has 0 saturated carbocycles. The molecule has 0 aromatic heterocycles. The Bertz CT molecular complexity index is 336. The molecule has 0 saturated heterocycles. The third-order valence-electron chi connectivity index (χ3n) is 2.41. The molecule has 5 heteroatoms. The van der Waals surface area contributed by atoms with Gasteiger partial charge in [0.15, 0.2) is 0 Å². The number of halogens is 1. The van der Waals surface area contributed by atoms with Gasteiger partial charge in [-0.05, 0) is 17.7 Å². The van der Waals surface area contributed by atoms with Crippen LogP contribution in [0.1, 0.15) is 11.7 Å². The van der Waals surface area contributed by atoms with Crippen LogP contribution in [-0.2, 0) is 14.2 Å². The Morgan fingerprint density at radius 3 is 2.67 bits per heavy atom. The topological polar surface area (TPSA) is 53.7 Å². The van der Waals surface area contributed by atoms with Crippen LogP contribution in [-0.4, -0.2) is 40.1 Å². The van der Waals surface area contributed by atoms with Crippen LogP contribution in [0.5, 0.6) is 0 Å². The average Bonchev–Trinajstić information content (AvgIpc) is 2.38. The molecule has 0 aliphatic heterocycles. The first-order valence-electron chi connectivity index (χ1n) is 5.91. The Morgan fingerprint density at radius 1 is 1.22 bits per heavy atom. The van der Waals surface area contributed by atoms with E-state index in [2.05, 4.69) is 15.9 Å². The number of hydrogen-bond donors (Lipinski definition) is 1. The monoisotopic (exact) mass is 317 g/mol. The highest BCUT2D eigenvalue weighted by atomic mass is 79.9. The lowest BCUT2D eigenvalue weighted by molar-refractivity contribution is -0.00424. The Morgan fingerprint density at radius 2 is 2.00 bits per heavy atom. The van der Waals surface area contributed by atoms with Gasteiger partial charge in [-0.3, -0.25) is 0 Å². The van der Waals surface area contributed by atoms with Crippen LogP contribution in [0.25, 0.3) is 0 Å². The average molecular weight is 318 g/mol. The summed E-state index contributed by atoms with van der Waals surface area (Å²) in [6, 6.07) is 7.98. The molecule has 0 aliphatic rings. The lowest BCUT2D eigenvalue weighted by Gasteiger charge is -2.16. The number of methoxy groups -OCH3 is 1. The van der Waals surface area contributed by atoms with Crippen molar-refractivity contribution in [2.45, 2.75) is 6.10 Å². The SMILES string of the molecule is COCCOCCOC(CN)c1cccc(Br)c1. The van der Waals surface area contributed by atoms with Crippen LogP contribution in [0.4, 0.5) is 0 Å². The van der Waals surface area contributed by atoms with Crippen LogP contribution in [0, 0.1) is 0 Å². The van der Waals surface area contributed by atoms with E-state index in [0.717, 1.165) is 10.0 Å². The summed E-state index contributed by atoms with van der Waals surface area (Å²) in [7, 11) is 1.65. The van der Waals surface area contributed by atoms with Crippen molar-refractivity contribution >= 4 is 15.9 Å². The van der Waals surface area contributed by atoms with E-state index in [1.54, 1.807) is 7.11 Å². The molecule has 1 rings (SSSR count). The van der Waals surface area contributed by atoms with Gasteiger partial charge in [0.25, 0.3) is 0 Å². The van der Waals surface area contributed by atoms with E-state index in [1.807, 2.05) is 24.3 Å². The molecule has 1 unspecified atom stereocenters. The van der Waals surface area contributed by atoms with Crippen molar-refractivity contribution < 1.29 is 14.2 Å². The summed E-state index contributed by atoms with van der Waals surface area (Å²) < 4.78 is 16.9. The molecule has 0 spiro atoms. The molecule has 2 N–H and O–H groups in total. The second kappa shape index (κ2) is 9.47. The van der Waals surface area contributed by atoms with Gasteiger partial charge in [-0.1, -0.05) is 28.1 Å². The number of nitrogens with two attached hydrogens (primary N) is 1. The lowest BCUT2D eigenvalue weighted by Crippen LogP contribution is -2.18. The summed E-state index contributed by atoms with van der Waals surface area (Å²) in [5, 5.41) is 0. The van der Waals surface area contributed by atoms with E-state index in [9.17, 15) is 0 Å². The second-order valence-corrected chi connectivity index (χ2v) is 4.67. The first-order valence-corrected chi connectivity index (χ1v) is 6.71. The fraction of sp³-hybridized carbons (Fsp3) is 0.538. The van der Waals surface area contributed by atoms with Crippen molar-refractivity contribution in [2.24, 2.45) is 5.73 Å². The van der Waals surface area contributed by atoms with Crippen molar-refractivity contribution in [2.75, 3.05) is 40.1 Å². The Balaban J connectivity index is 2.29. The Hall–Kier alpha value is -0.460. The van der Waals surface area contributed by atoms with Gasteiger partial charge >= 0.3 is 0 Å². The summed E-state index contributed by atoms with van der Waals surface area (Å²) in [6.45, 7) is 2.72. The quantitative estimate of drug-likeness (QED) is 0.709. The molecule has 102 valence electrons. The van der Waals surface area contributed by atoms with E-state index in [1.165, 1.54) is 0 Å². The molecule has 1 atom stereocenters. The minimum atomic E-state index is -0.0893. The molecule has 0 heterocycles. The number of benzene rings is 1. The van der Waals surface area contributed by atoms with E-state index in [-0.39, 0.29) is 6.10 Å². The third kappa shape index (κ3) is 5.93. The van der Waals surface area contributed by atoms with E-state index < -0.39 is 0 Å². The molecule has 4 nitrogen and oxygen atoms in total. The van der Waals surface area contributed by atoms with E-state index in [0.29, 0.717) is 33.0 Å². The molecule has 0 aliphatic carbocycles. The maximum Gasteiger partial charge on any atom is 0.0948 e. The molecule has 0 radical (unpaired) electrons. The van der Waals surface area contributed by atoms with Crippen LogP contribution >= 0.6 is 15.9 Å². The highest BCUT2D eigenvalue weighted by Gasteiger charge is 2.09. The number of rotatable bonds is 9. The van der Waals surface area contributed by atoms with Gasteiger partial charge in [0, 0.05) is 18.1 Å². The summed E-state index contributed by atoms with van der Waals surface area (Å²) in [5.74, 6) is 0. The highest BCUT2D eigenvalue weighted by molar-refractivity contribution is 9.10. The number of ether oxygens (including phenoxy) is 3. The van der Waals surface area contributed by atoms with Crippen molar-refractivity contribution in [1.82, 2.24) is 0 Å². The summed E-state index contributed by atoms with van der Waals surface area (Å²) in [5.41, 5.74) is 6.79. The van der Waals surface area contributed by atoms with Gasteiger partial charge in [-0.15, -0.1) is 0 Å². The summed E-state index contributed by atoms with van der Waals surface area (Å²) >= 11 is 3.43. The zero-order chi connectivity index (χ0) is 13.2. The third-order valence-corrected chi connectivity index (χ3v) is 2.91. The largest absolute Gasteiger partial charge is 0.382 e. The molecule has 18 heavy (non-hydrogen) atoms. The lowest BCUT2D eigenvalue weighted by atomic mass is 10.1. The number of hydrogen-bond acceptors (Lipinski definition) is 4. The van der Waals surface area contributed by atoms with Crippen molar-refractivity contribution in [3.8, 4) is 0 Å². The molecule has 0 fully saturated rings. The van der Waals surface area contributed by atoms with Gasteiger partial charge in [-0.25, -0.2) is 0 Å². The molecular formula is C13H20BrNO3. The fourth-order valence-corrected chi connectivity index (χ4v) is 1.92. The normalized spacial score (nSPS) is 12.6. The zero-order valence-electron chi connectivity index (χ0n) is 10.6. The molecule has 0 bridgehead atoms. The van der Waals surface area contributed by atoms with Crippen LogP contribution in [0.15, 0.2) is 28.7 Å². The Labute approximate surface area is 117 Å². The maximum atomic E-state index is 5.72. The Kier molecular flexibility index (Phi) is 8.20. The van der Waals surface area contributed by atoms with Gasteiger partial charge < -0.3 is 19.9 Å². The van der Waals surface area contributed by atoms with E-state index >= 15 is 0 Å². The molecule has 1 aromatic carbocycles. The fourth-order valence-electron chi connectivity index (χ4n) is 1.50. The van der Waals surface area contributed by atoms with Gasteiger partial charge in [-0.2, -0.15) is 0 Å². The highest BCUT2D eigenvalue weighted by Crippen LogP contribution is 2.20. The standard InChI is InChI=1S/C13H20BrNO3/c1-16-5-6-17-7-8-18-13(10-15)11-3-2-4-12(14)9-11/h2-4,9,13H,5-8,10,15H2,1H3. The molecule has 1 aromatic rings. The van der Waals surface area contributed by atoms with Crippen molar-refractivity contribution in [3.63, 3.8) is 0 Å². The van der Waals surface area contributed by atoms with Crippen LogP contribution in [0.3, 0.4) is 0 Å². The van der Waals surface area contributed by atoms with Gasteiger partial charge in [0.1, 0.15) is 0 Å². The maximum absolute atomic E-state index is 5.72. The van der Waals surface area contributed by atoms with Crippen molar-refractivity contribution in [1.29, 1.82) is 0 Å². The molecular weight excluding hydrogens is 298 g/mol.